The van der Waals surface area contributed by atoms with Crippen molar-refractivity contribution in [3.63, 3.8) is 0 Å². The molecule has 0 saturated heterocycles. The molecular formula is C18H21NO3. The fourth-order valence-electron chi connectivity index (χ4n) is 2.08. The molecule has 0 bridgehead atoms. The zero-order valence-corrected chi connectivity index (χ0v) is 12.7. The molecule has 116 valence electrons. The number of hydrogen-bond donors (Lipinski definition) is 1. The van der Waals surface area contributed by atoms with E-state index in [2.05, 4.69) is 0 Å². The smallest absolute Gasteiger partial charge is 0.410 e. The van der Waals surface area contributed by atoms with Crippen LogP contribution in [-0.2, 0) is 17.9 Å². The summed E-state index contributed by atoms with van der Waals surface area (Å²) in [5.74, 6) is 0. The van der Waals surface area contributed by atoms with Crippen LogP contribution in [0.4, 0.5) is 4.79 Å². The lowest BCUT2D eigenvalue weighted by atomic mass is 10.2. The van der Waals surface area contributed by atoms with E-state index in [-0.39, 0.29) is 19.3 Å². The maximum atomic E-state index is 12.3. The minimum atomic E-state index is -0.422. The quantitative estimate of drug-likeness (QED) is 0.891. The van der Waals surface area contributed by atoms with Crippen LogP contribution in [0.15, 0.2) is 60.7 Å². The standard InChI is InChI=1S/C18H21NO3/c1-15(13-20)19(12-16-8-4-2-5-9-16)18(21)22-14-17-10-6-3-7-11-17/h2-11,15,20H,12-14H2,1H3/t15-/m0/s1. The normalized spacial score (nSPS) is 11.7. The predicted molar refractivity (Wildman–Crippen MR) is 85.2 cm³/mol. The highest BCUT2D eigenvalue weighted by atomic mass is 16.6. The zero-order valence-electron chi connectivity index (χ0n) is 12.7. The van der Waals surface area contributed by atoms with Crippen LogP contribution in [0.1, 0.15) is 18.1 Å². The van der Waals surface area contributed by atoms with Crippen LogP contribution in [0, 0.1) is 0 Å². The Morgan fingerprint density at radius 3 is 2.14 bits per heavy atom. The van der Waals surface area contributed by atoms with E-state index in [1.807, 2.05) is 60.7 Å². The lowest BCUT2D eigenvalue weighted by molar-refractivity contribution is 0.0654. The third-order valence-corrected chi connectivity index (χ3v) is 3.43. The third kappa shape index (κ3) is 4.60. The van der Waals surface area contributed by atoms with Gasteiger partial charge in [0.25, 0.3) is 0 Å². The molecule has 1 amide bonds. The number of ether oxygens (including phenoxy) is 1. The van der Waals surface area contributed by atoms with Crippen molar-refractivity contribution in [1.82, 2.24) is 4.90 Å². The average Bonchev–Trinajstić information content (AvgIpc) is 2.58. The van der Waals surface area contributed by atoms with Crippen molar-refractivity contribution in [2.45, 2.75) is 26.1 Å². The molecule has 2 aromatic carbocycles. The number of aliphatic hydroxyl groups excluding tert-OH is 1. The molecule has 0 radical (unpaired) electrons. The highest BCUT2D eigenvalue weighted by Crippen LogP contribution is 2.11. The van der Waals surface area contributed by atoms with Gasteiger partial charge < -0.3 is 9.84 Å². The van der Waals surface area contributed by atoms with E-state index in [4.69, 9.17) is 4.74 Å². The molecular weight excluding hydrogens is 278 g/mol. The Bertz CT molecular complexity index is 571. The van der Waals surface area contributed by atoms with Crippen LogP contribution >= 0.6 is 0 Å². The van der Waals surface area contributed by atoms with Gasteiger partial charge in [-0.3, -0.25) is 4.90 Å². The molecule has 2 rings (SSSR count). The van der Waals surface area contributed by atoms with Gasteiger partial charge in [0.1, 0.15) is 6.61 Å². The topological polar surface area (TPSA) is 49.8 Å². The highest BCUT2D eigenvalue weighted by Gasteiger charge is 2.21. The van der Waals surface area contributed by atoms with Crippen molar-refractivity contribution < 1.29 is 14.6 Å². The van der Waals surface area contributed by atoms with E-state index in [9.17, 15) is 9.90 Å². The Morgan fingerprint density at radius 1 is 1.05 bits per heavy atom. The van der Waals surface area contributed by atoms with Gasteiger partial charge in [-0.1, -0.05) is 60.7 Å². The molecule has 0 aromatic heterocycles. The Hall–Kier alpha value is -2.33. The minimum Gasteiger partial charge on any atom is -0.445 e. The summed E-state index contributed by atoms with van der Waals surface area (Å²) in [5, 5.41) is 9.37. The first-order chi connectivity index (χ1) is 10.7. The fraction of sp³-hybridized carbons (Fsp3) is 0.278. The van der Waals surface area contributed by atoms with Crippen molar-refractivity contribution in [3.8, 4) is 0 Å². The van der Waals surface area contributed by atoms with Crippen LogP contribution < -0.4 is 0 Å². The van der Waals surface area contributed by atoms with Crippen molar-refractivity contribution >= 4 is 6.09 Å². The minimum absolute atomic E-state index is 0.104. The van der Waals surface area contributed by atoms with E-state index < -0.39 is 6.09 Å². The van der Waals surface area contributed by atoms with Gasteiger partial charge in [0.2, 0.25) is 0 Å². The summed E-state index contributed by atoms with van der Waals surface area (Å²) in [6.45, 7) is 2.33. The molecule has 22 heavy (non-hydrogen) atoms. The third-order valence-electron chi connectivity index (χ3n) is 3.43. The monoisotopic (exact) mass is 299 g/mol. The molecule has 0 unspecified atom stereocenters. The highest BCUT2D eigenvalue weighted by molar-refractivity contribution is 5.68. The lowest BCUT2D eigenvalue weighted by Crippen LogP contribution is -2.40. The number of rotatable bonds is 6. The van der Waals surface area contributed by atoms with Crippen LogP contribution in [-0.4, -0.2) is 28.7 Å². The number of benzene rings is 2. The Kier molecular flexibility index (Phi) is 5.98. The lowest BCUT2D eigenvalue weighted by Gasteiger charge is -2.27. The second-order valence-corrected chi connectivity index (χ2v) is 5.19. The largest absolute Gasteiger partial charge is 0.445 e. The van der Waals surface area contributed by atoms with Gasteiger partial charge in [-0.25, -0.2) is 4.79 Å². The molecule has 1 N–H and O–H groups in total. The number of aliphatic hydroxyl groups is 1. The van der Waals surface area contributed by atoms with Crippen LogP contribution in [0.5, 0.6) is 0 Å². The van der Waals surface area contributed by atoms with E-state index in [0.717, 1.165) is 11.1 Å². The molecule has 0 saturated carbocycles. The van der Waals surface area contributed by atoms with Crippen molar-refractivity contribution in [2.75, 3.05) is 6.61 Å². The summed E-state index contributed by atoms with van der Waals surface area (Å²) in [7, 11) is 0. The maximum absolute atomic E-state index is 12.3. The number of nitrogens with zero attached hydrogens (tertiary/aromatic N) is 1. The van der Waals surface area contributed by atoms with Crippen LogP contribution in [0.3, 0.4) is 0 Å². The first-order valence-corrected chi connectivity index (χ1v) is 7.33. The molecule has 1 atom stereocenters. The van der Waals surface area contributed by atoms with Gasteiger partial charge in [-0.15, -0.1) is 0 Å². The van der Waals surface area contributed by atoms with E-state index in [1.165, 1.54) is 4.90 Å². The van der Waals surface area contributed by atoms with Gasteiger partial charge >= 0.3 is 6.09 Å². The Labute approximate surface area is 131 Å². The Balaban J connectivity index is 2.00. The van der Waals surface area contributed by atoms with Gasteiger partial charge in [-0.2, -0.15) is 0 Å². The van der Waals surface area contributed by atoms with E-state index in [1.54, 1.807) is 6.92 Å². The number of carbonyl (C=O) groups excluding carboxylic acids is 1. The fourth-order valence-corrected chi connectivity index (χ4v) is 2.08. The Morgan fingerprint density at radius 2 is 1.59 bits per heavy atom. The molecule has 0 heterocycles. The second-order valence-electron chi connectivity index (χ2n) is 5.19. The number of carbonyl (C=O) groups is 1. The molecule has 2 aromatic rings. The summed E-state index contributed by atoms with van der Waals surface area (Å²) < 4.78 is 5.36. The number of hydrogen-bond acceptors (Lipinski definition) is 3. The second kappa shape index (κ2) is 8.20. The summed E-state index contributed by atoms with van der Waals surface area (Å²) in [5.41, 5.74) is 1.94. The van der Waals surface area contributed by atoms with Gasteiger partial charge in [-0.05, 0) is 18.1 Å². The van der Waals surface area contributed by atoms with E-state index >= 15 is 0 Å². The molecule has 0 aliphatic rings. The van der Waals surface area contributed by atoms with Gasteiger partial charge in [0, 0.05) is 6.54 Å². The van der Waals surface area contributed by atoms with Crippen LogP contribution in [0.2, 0.25) is 0 Å². The summed E-state index contributed by atoms with van der Waals surface area (Å²) >= 11 is 0. The SMILES string of the molecule is C[C@@H](CO)N(Cc1ccccc1)C(=O)OCc1ccccc1. The molecule has 0 aliphatic heterocycles. The predicted octanol–water partition coefficient (Wildman–Crippen LogP) is 3.21. The van der Waals surface area contributed by atoms with Gasteiger partial charge in [0.15, 0.2) is 0 Å². The molecule has 0 fully saturated rings. The molecule has 0 spiro atoms. The van der Waals surface area contributed by atoms with Crippen molar-refractivity contribution in [3.05, 3.63) is 71.8 Å². The summed E-state index contributed by atoms with van der Waals surface area (Å²) in [6, 6.07) is 18.9. The molecule has 4 heteroatoms. The van der Waals surface area contributed by atoms with Crippen LogP contribution in [0.25, 0.3) is 0 Å². The first-order valence-electron chi connectivity index (χ1n) is 7.33. The average molecular weight is 299 g/mol. The molecule has 0 aliphatic carbocycles. The number of amides is 1. The van der Waals surface area contributed by atoms with Crippen molar-refractivity contribution in [2.24, 2.45) is 0 Å². The zero-order chi connectivity index (χ0) is 15.8. The first kappa shape index (κ1) is 16.0. The summed E-state index contributed by atoms with van der Waals surface area (Å²) in [6.07, 6.45) is -0.422. The summed E-state index contributed by atoms with van der Waals surface area (Å²) in [4.78, 5) is 13.9. The van der Waals surface area contributed by atoms with Gasteiger partial charge in [0.05, 0.1) is 12.6 Å². The molecule has 4 nitrogen and oxygen atoms in total. The van der Waals surface area contributed by atoms with E-state index in [0.29, 0.717) is 6.54 Å². The van der Waals surface area contributed by atoms with Crippen molar-refractivity contribution in [1.29, 1.82) is 0 Å². The maximum Gasteiger partial charge on any atom is 0.410 e.